The van der Waals surface area contributed by atoms with Crippen molar-refractivity contribution in [3.05, 3.63) is 84.1 Å². The molecule has 0 amide bonds. The molecule has 11 heteroatoms. The highest BCUT2D eigenvalue weighted by atomic mass is 32.2. The molecule has 0 aliphatic carbocycles. The molecule has 1 aliphatic rings. The van der Waals surface area contributed by atoms with Gasteiger partial charge in [-0.25, -0.2) is 17.8 Å². The van der Waals surface area contributed by atoms with Gasteiger partial charge < -0.3 is 4.98 Å². The summed E-state index contributed by atoms with van der Waals surface area (Å²) in [5, 5.41) is 8.51. The van der Waals surface area contributed by atoms with E-state index in [1.165, 1.54) is 43.2 Å². The van der Waals surface area contributed by atoms with E-state index in [2.05, 4.69) is 36.1 Å². The van der Waals surface area contributed by atoms with E-state index in [0.29, 0.717) is 28.2 Å². The number of imidazole rings is 1. The Morgan fingerprint density at radius 3 is 2.61 bits per heavy atom. The zero-order chi connectivity index (χ0) is 30.3. The Labute approximate surface area is 254 Å². The number of hydrogen-bond donors (Lipinski definition) is 2. The Morgan fingerprint density at radius 1 is 0.932 bits per heavy atom. The van der Waals surface area contributed by atoms with Gasteiger partial charge in [0.25, 0.3) is 0 Å². The first-order valence-corrected chi connectivity index (χ1v) is 16.8. The van der Waals surface area contributed by atoms with Crippen molar-refractivity contribution in [2.75, 3.05) is 25.1 Å². The fourth-order valence-electron chi connectivity index (χ4n) is 5.98. The predicted octanol–water partition coefficient (Wildman–Crippen LogP) is 5.94. The molecule has 9 nitrogen and oxygen atoms in total. The SMILES string of the molecule is CS(=O)(=O)CCc1cc(F)cc(-c2cccc3[nH]c(-c4n[nH]c5cnc(-c6cncc(CN7CCCCC7)c6)cc45)nc23)c1. The van der Waals surface area contributed by atoms with Crippen LogP contribution in [0.2, 0.25) is 0 Å². The second-order valence-corrected chi connectivity index (χ2v) is 13.9. The predicted molar refractivity (Wildman–Crippen MR) is 170 cm³/mol. The molecule has 2 N–H and O–H groups in total. The first-order valence-electron chi connectivity index (χ1n) is 14.8. The molecule has 6 aromatic rings. The standard InChI is InChI=1S/C33H32FN7O2S/c1-44(42,43)11-8-21-12-23(15-25(34)14-21)26-6-5-7-28-31(26)38-33(37-28)32-27-16-29(36-19-30(27)39-40-32)24-13-22(17-35-18-24)20-41-9-3-2-4-10-41/h5-7,12-19H,2-4,8-11,20H2,1H3,(H,37,38)(H,39,40). The highest BCUT2D eigenvalue weighted by Gasteiger charge is 2.18. The van der Waals surface area contributed by atoms with Gasteiger partial charge in [-0.05, 0) is 79.4 Å². The highest BCUT2D eigenvalue weighted by Crippen LogP contribution is 2.33. The van der Waals surface area contributed by atoms with E-state index in [0.717, 1.165) is 52.9 Å². The fraction of sp³-hybridized carbons (Fsp3) is 0.273. The average molecular weight is 610 g/mol. The minimum Gasteiger partial charge on any atom is -0.337 e. The first kappa shape index (κ1) is 28.3. The van der Waals surface area contributed by atoms with Crippen molar-refractivity contribution in [1.29, 1.82) is 0 Å². The van der Waals surface area contributed by atoms with Crippen LogP contribution in [0, 0.1) is 5.82 Å². The molecular formula is C33H32FN7O2S. The number of halogens is 1. The molecule has 4 aromatic heterocycles. The molecule has 1 fully saturated rings. The van der Waals surface area contributed by atoms with Crippen LogP contribution in [-0.2, 0) is 22.8 Å². The Morgan fingerprint density at radius 2 is 1.77 bits per heavy atom. The summed E-state index contributed by atoms with van der Waals surface area (Å²) in [5.74, 6) is 0.0993. The minimum absolute atomic E-state index is 0.0471. The Kier molecular flexibility index (Phi) is 7.43. The number of sulfone groups is 1. The third-order valence-electron chi connectivity index (χ3n) is 8.16. The number of nitrogens with one attached hydrogen (secondary N) is 2. The van der Waals surface area contributed by atoms with Crippen molar-refractivity contribution in [3.63, 3.8) is 0 Å². The number of para-hydroxylation sites is 1. The lowest BCUT2D eigenvalue weighted by Gasteiger charge is -2.26. The Hall–Kier alpha value is -4.48. The van der Waals surface area contributed by atoms with Crippen LogP contribution in [0.25, 0.3) is 55.8 Å². The molecule has 224 valence electrons. The number of hydrogen-bond acceptors (Lipinski definition) is 7. The number of pyridine rings is 2. The number of aromatic amines is 2. The molecule has 1 saturated heterocycles. The van der Waals surface area contributed by atoms with Gasteiger partial charge >= 0.3 is 0 Å². The molecular weight excluding hydrogens is 577 g/mol. The van der Waals surface area contributed by atoms with Crippen LogP contribution in [0.3, 0.4) is 0 Å². The van der Waals surface area contributed by atoms with Gasteiger partial charge in [-0.2, -0.15) is 5.10 Å². The number of benzene rings is 2. The summed E-state index contributed by atoms with van der Waals surface area (Å²) < 4.78 is 38.0. The van der Waals surface area contributed by atoms with Gasteiger partial charge in [0, 0.05) is 41.7 Å². The van der Waals surface area contributed by atoms with Crippen LogP contribution >= 0.6 is 0 Å². The Bertz CT molecular complexity index is 2100. The van der Waals surface area contributed by atoms with Gasteiger partial charge in [-0.1, -0.05) is 24.6 Å². The summed E-state index contributed by atoms with van der Waals surface area (Å²) in [6.45, 7) is 3.12. The lowest BCUT2D eigenvalue weighted by atomic mass is 10.0. The molecule has 2 aromatic carbocycles. The largest absolute Gasteiger partial charge is 0.337 e. The first-order chi connectivity index (χ1) is 21.3. The lowest BCUT2D eigenvalue weighted by molar-refractivity contribution is 0.220. The van der Waals surface area contributed by atoms with Crippen molar-refractivity contribution in [3.8, 4) is 33.9 Å². The average Bonchev–Trinajstić information content (AvgIpc) is 3.64. The topological polar surface area (TPSA) is 121 Å². The summed E-state index contributed by atoms with van der Waals surface area (Å²) in [4.78, 5) is 20.0. The zero-order valence-electron chi connectivity index (χ0n) is 24.3. The summed E-state index contributed by atoms with van der Waals surface area (Å²) in [6.07, 6.45) is 10.7. The second kappa shape index (κ2) is 11.5. The van der Waals surface area contributed by atoms with Crippen LogP contribution in [0.4, 0.5) is 4.39 Å². The fourth-order valence-corrected chi connectivity index (χ4v) is 6.58. The molecule has 44 heavy (non-hydrogen) atoms. The maximum atomic E-state index is 14.7. The quantitative estimate of drug-likeness (QED) is 0.219. The van der Waals surface area contributed by atoms with Crippen molar-refractivity contribution in [2.24, 2.45) is 0 Å². The molecule has 0 bridgehead atoms. The van der Waals surface area contributed by atoms with Gasteiger partial charge in [0.2, 0.25) is 0 Å². The van der Waals surface area contributed by atoms with Gasteiger partial charge in [0.15, 0.2) is 5.82 Å². The number of fused-ring (bicyclic) bond motifs is 2. The summed E-state index contributed by atoms with van der Waals surface area (Å²) in [7, 11) is -3.18. The van der Waals surface area contributed by atoms with Crippen LogP contribution in [0.1, 0.15) is 30.4 Å². The number of rotatable bonds is 8. The Balaban J connectivity index is 1.23. The van der Waals surface area contributed by atoms with Crippen LogP contribution in [0.15, 0.2) is 67.1 Å². The minimum atomic E-state index is -3.18. The van der Waals surface area contributed by atoms with Crippen LogP contribution in [0.5, 0.6) is 0 Å². The number of piperidine rings is 1. The molecule has 1 aliphatic heterocycles. The summed E-state index contributed by atoms with van der Waals surface area (Å²) in [5.41, 5.74) is 7.77. The maximum Gasteiger partial charge on any atom is 0.159 e. The normalized spacial score (nSPS) is 14.5. The van der Waals surface area contributed by atoms with E-state index in [1.54, 1.807) is 6.20 Å². The number of likely N-dealkylation sites (tertiary alicyclic amines) is 1. The van der Waals surface area contributed by atoms with E-state index in [-0.39, 0.29) is 12.2 Å². The van der Waals surface area contributed by atoms with Crippen molar-refractivity contribution < 1.29 is 12.8 Å². The molecule has 0 radical (unpaired) electrons. The third kappa shape index (κ3) is 5.97. The lowest BCUT2D eigenvalue weighted by Crippen LogP contribution is -2.29. The van der Waals surface area contributed by atoms with Crippen LogP contribution in [-0.4, -0.2) is 68.5 Å². The summed E-state index contributed by atoms with van der Waals surface area (Å²) in [6, 6.07) is 14.5. The van der Waals surface area contributed by atoms with Crippen molar-refractivity contribution >= 4 is 31.8 Å². The van der Waals surface area contributed by atoms with Gasteiger partial charge in [0.05, 0.1) is 34.2 Å². The second-order valence-electron chi connectivity index (χ2n) is 11.6. The van der Waals surface area contributed by atoms with Gasteiger partial charge in [-0.15, -0.1) is 0 Å². The third-order valence-corrected chi connectivity index (χ3v) is 9.11. The van der Waals surface area contributed by atoms with E-state index >= 15 is 0 Å². The molecule has 7 rings (SSSR count). The van der Waals surface area contributed by atoms with Gasteiger partial charge in [-0.3, -0.25) is 20.0 Å². The molecule has 0 atom stereocenters. The smallest absolute Gasteiger partial charge is 0.159 e. The highest BCUT2D eigenvalue weighted by molar-refractivity contribution is 7.90. The number of nitrogens with zero attached hydrogens (tertiary/aromatic N) is 5. The van der Waals surface area contributed by atoms with Crippen molar-refractivity contribution in [2.45, 2.75) is 32.2 Å². The zero-order valence-corrected chi connectivity index (χ0v) is 25.2. The van der Waals surface area contributed by atoms with E-state index < -0.39 is 15.7 Å². The number of aromatic nitrogens is 6. The molecule has 0 unspecified atom stereocenters. The van der Waals surface area contributed by atoms with Gasteiger partial charge in [0.1, 0.15) is 21.3 Å². The molecule has 0 spiro atoms. The van der Waals surface area contributed by atoms with E-state index in [1.807, 2.05) is 42.7 Å². The van der Waals surface area contributed by atoms with Crippen molar-refractivity contribution in [1.82, 2.24) is 35.0 Å². The molecule has 5 heterocycles. The summed E-state index contributed by atoms with van der Waals surface area (Å²) >= 11 is 0. The van der Waals surface area contributed by atoms with E-state index in [4.69, 9.17) is 4.98 Å². The number of aryl methyl sites for hydroxylation is 1. The maximum absolute atomic E-state index is 14.7. The van der Waals surface area contributed by atoms with Crippen LogP contribution < -0.4 is 0 Å². The molecule has 0 saturated carbocycles. The number of H-pyrrole nitrogens is 2. The van der Waals surface area contributed by atoms with E-state index in [9.17, 15) is 12.8 Å². The monoisotopic (exact) mass is 609 g/mol.